The Balaban J connectivity index is 1.89. The molecule has 0 spiro atoms. The molecule has 1 heterocycles. The minimum atomic E-state index is 0.448. The second kappa shape index (κ2) is 6.74. The van der Waals surface area contributed by atoms with E-state index in [1.54, 1.807) is 0 Å². The first-order valence-electron chi connectivity index (χ1n) is 7.35. The van der Waals surface area contributed by atoms with Gasteiger partial charge < -0.3 is 0 Å². The molecule has 0 bridgehead atoms. The first-order chi connectivity index (χ1) is 9.06. The van der Waals surface area contributed by atoms with Gasteiger partial charge in [-0.2, -0.15) is 0 Å². The standard InChI is InChI=1S/C16H25ClN2/c1-12(11-15-7-9-16(17)10-8-15)18-19-13(2)5-4-6-14(19)3/h7-10,12-14,18H,4-6,11H2,1-3H3. The van der Waals surface area contributed by atoms with Crippen molar-refractivity contribution in [1.82, 2.24) is 10.4 Å². The van der Waals surface area contributed by atoms with Crippen molar-refractivity contribution in [3.05, 3.63) is 34.9 Å². The lowest BCUT2D eigenvalue weighted by molar-refractivity contribution is 0.0323. The van der Waals surface area contributed by atoms with Crippen LogP contribution in [0.3, 0.4) is 0 Å². The molecule has 1 aliphatic rings. The molecule has 2 rings (SSSR count). The maximum atomic E-state index is 5.92. The van der Waals surface area contributed by atoms with Gasteiger partial charge in [0.05, 0.1) is 0 Å². The van der Waals surface area contributed by atoms with Crippen molar-refractivity contribution in [1.29, 1.82) is 0 Å². The molecule has 0 aliphatic carbocycles. The monoisotopic (exact) mass is 280 g/mol. The predicted molar refractivity (Wildman–Crippen MR) is 82.4 cm³/mol. The summed E-state index contributed by atoms with van der Waals surface area (Å²) in [5.41, 5.74) is 5.02. The maximum absolute atomic E-state index is 5.92. The third-order valence-electron chi connectivity index (χ3n) is 4.02. The van der Waals surface area contributed by atoms with Crippen LogP contribution in [-0.2, 0) is 6.42 Å². The zero-order valence-electron chi connectivity index (χ0n) is 12.2. The van der Waals surface area contributed by atoms with E-state index in [2.05, 4.69) is 43.3 Å². The molecule has 2 nitrogen and oxygen atoms in total. The first kappa shape index (κ1) is 14.8. The van der Waals surface area contributed by atoms with E-state index in [0.717, 1.165) is 11.4 Å². The van der Waals surface area contributed by atoms with E-state index < -0.39 is 0 Å². The molecule has 1 aromatic carbocycles. The Morgan fingerprint density at radius 2 is 1.79 bits per heavy atom. The molecule has 1 saturated heterocycles. The van der Waals surface area contributed by atoms with Crippen molar-refractivity contribution >= 4 is 11.6 Å². The fourth-order valence-electron chi connectivity index (χ4n) is 2.95. The lowest BCUT2D eigenvalue weighted by atomic mass is 9.99. The second-order valence-corrected chi connectivity index (χ2v) is 6.33. The van der Waals surface area contributed by atoms with Crippen LogP contribution in [0.4, 0.5) is 0 Å². The minimum Gasteiger partial charge on any atom is -0.252 e. The van der Waals surface area contributed by atoms with Gasteiger partial charge in [0.25, 0.3) is 0 Å². The predicted octanol–water partition coefficient (Wildman–Crippen LogP) is 4.04. The smallest absolute Gasteiger partial charge is 0.0406 e. The average Bonchev–Trinajstić information content (AvgIpc) is 2.37. The van der Waals surface area contributed by atoms with Crippen molar-refractivity contribution in [3.8, 4) is 0 Å². The summed E-state index contributed by atoms with van der Waals surface area (Å²) in [6.45, 7) is 6.89. The number of nitrogens with one attached hydrogen (secondary N) is 1. The molecule has 19 heavy (non-hydrogen) atoms. The topological polar surface area (TPSA) is 15.3 Å². The normalized spacial score (nSPS) is 26.3. The molecule has 1 N–H and O–H groups in total. The van der Waals surface area contributed by atoms with Crippen LogP contribution in [0.15, 0.2) is 24.3 Å². The molecule has 0 radical (unpaired) electrons. The fourth-order valence-corrected chi connectivity index (χ4v) is 3.08. The largest absolute Gasteiger partial charge is 0.252 e. The Morgan fingerprint density at radius 1 is 1.21 bits per heavy atom. The molecular weight excluding hydrogens is 256 g/mol. The molecule has 3 atom stereocenters. The van der Waals surface area contributed by atoms with Crippen LogP contribution in [0.2, 0.25) is 5.02 Å². The summed E-state index contributed by atoms with van der Waals surface area (Å²) in [4.78, 5) is 0. The van der Waals surface area contributed by atoms with Gasteiger partial charge in [-0.15, -0.1) is 0 Å². The molecule has 0 aromatic heterocycles. The van der Waals surface area contributed by atoms with Crippen LogP contribution in [0.25, 0.3) is 0 Å². The summed E-state index contributed by atoms with van der Waals surface area (Å²) in [5, 5.41) is 3.26. The van der Waals surface area contributed by atoms with Crippen molar-refractivity contribution in [3.63, 3.8) is 0 Å². The highest BCUT2D eigenvalue weighted by Crippen LogP contribution is 2.21. The summed E-state index contributed by atoms with van der Waals surface area (Å²) in [6, 6.07) is 9.88. The van der Waals surface area contributed by atoms with E-state index in [-0.39, 0.29) is 0 Å². The van der Waals surface area contributed by atoms with E-state index in [1.165, 1.54) is 24.8 Å². The lowest BCUT2D eigenvalue weighted by Crippen LogP contribution is -2.55. The number of rotatable bonds is 4. The highest BCUT2D eigenvalue weighted by atomic mass is 35.5. The Labute approximate surface area is 122 Å². The van der Waals surface area contributed by atoms with E-state index in [4.69, 9.17) is 11.6 Å². The number of benzene rings is 1. The molecule has 1 fully saturated rings. The lowest BCUT2D eigenvalue weighted by Gasteiger charge is -2.41. The Bertz CT molecular complexity index is 380. The summed E-state index contributed by atoms with van der Waals surface area (Å²) in [5.74, 6) is 0. The molecule has 0 amide bonds. The van der Waals surface area contributed by atoms with Gasteiger partial charge in [0.1, 0.15) is 0 Å². The van der Waals surface area contributed by atoms with Crippen LogP contribution in [0, 0.1) is 0 Å². The highest BCUT2D eigenvalue weighted by molar-refractivity contribution is 6.30. The molecule has 106 valence electrons. The Hall–Kier alpha value is -0.570. The average molecular weight is 281 g/mol. The van der Waals surface area contributed by atoms with Gasteiger partial charge in [-0.25, -0.2) is 5.01 Å². The van der Waals surface area contributed by atoms with Crippen molar-refractivity contribution in [2.24, 2.45) is 0 Å². The summed E-state index contributed by atoms with van der Waals surface area (Å²) < 4.78 is 0. The molecule has 3 heteroatoms. The van der Waals surface area contributed by atoms with Crippen LogP contribution in [0.5, 0.6) is 0 Å². The van der Waals surface area contributed by atoms with Crippen LogP contribution in [0.1, 0.15) is 45.6 Å². The van der Waals surface area contributed by atoms with E-state index in [1.807, 2.05) is 12.1 Å². The van der Waals surface area contributed by atoms with Crippen LogP contribution < -0.4 is 5.43 Å². The molecule has 1 aliphatic heterocycles. The van der Waals surface area contributed by atoms with Gasteiger partial charge in [0.2, 0.25) is 0 Å². The van der Waals surface area contributed by atoms with Crippen LogP contribution in [-0.4, -0.2) is 23.1 Å². The summed E-state index contributed by atoms with van der Waals surface area (Å²) >= 11 is 5.92. The number of hydrogen-bond acceptors (Lipinski definition) is 2. The van der Waals surface area contributed by atoms with Crippen molar-refractivity contribution in [2.45, 2.75) is 64.6 Å². The van der Waals surface area contributed by atoms with Gasteiger partial charge in [0, 0.05) is 23.1 Å². The van der Waals surface area contributed by atoms with Gasteiger partial charge in [0.15, 0.2) is 0 Å². The zero-order chi connectivity index (χ0) is 13.8. The molecule has 0 saturated carbocycles. The van der Waals surface area contributed by atoms with E-state index in [0.29, 0.717) is 18.1 Å². The molecular formula is C16H25ClN2. The molecule has 3 unspecified atom stereocenters. The number of hydrogen-bond donors (Lipinski definition) is 1. The third kappa shape index (κ3) is 4.20. The van der Waals surface area contributed by atoms with Gasteiger partial charge in [-0.1, -0.05) is 30.2 Å². The number of piperidine rings is 1. The second-order valence-electron chi connectivity index (χ2n) is 5.90. The van der Waals surface area contributed by atoms with Gasteiger partial charge in [-0.3, -0.25) is 5.43 Å². The third-order valence-corrected chi connectivity index (χ3v) is 4.27. The fraction of sp³-hybridized carbons (Fsp3) is 0.625. The van der Waals surface area contributed by atoms with Crippen LogP contribution >= 0.6 is 11.6 Å². The van der Waals surface area contributed by atoms with Crippen molar-refractivity contribution in [2.75, 3.05) is 0 Å². The van der Waals surface area contributed by atoms with E-state index in [9.17, 15) is 0 Å². The minimum absolute atomic E-state index is 0.448. The molecule has 1 aromatic rings. The van der Waals surface area contributed by atoms with E-state index >= 15 is 0 Å². The first-order valence-corrected chi connectivity index (χ1v) is 7.73. The summed E-state index contributed by atoms with van der Waals surface area (Å²) in [6.07, 6.45) is 4.98. The number of nitrogens with zero attached hydrogens (tertiary/aromatic N) is 1. The number of hydrazine groups is 1. The SMILES string of the molecule is CC(Cc1ccc(Cl)cc1)NN1C(C)CCCC1C. The van der Waals surface area contributed by atoms with Crippen molar-refractivity contribution < 1.29 is 0 Å². The zero-order valence-corrected chi connectivity index (χ0v) is 13.0. The van der Waals surface area contributed by atoms with Gasteiger partial charge >= 0.3 is 0 Å². The van der Waals surface area contributed by atoms with Gasteiger partial charge in [-0.05, 0) is 57.7 Å². The number of halogens is 1. The maximum Gasteiger partial charge on any atom is 0.0406 e. The Kier molecular flexibility index (Phi) is 5.26. The quantitative estimate of drug-likeness (QED) is 0.895. The summed E-state index contributed by atoms with van der Waals surface area (Å²) in [7, 11) is 0. The highest BCUT2D eigenvalue weighted by Gasteiger charge is 2.25. The Morgan fingerprint density at radius 3 is 2.37 bits per heavy atom.